The molecule has 1 aromatic rings. The lowest BCUT2D eigenvalue weighted by Crippen LogP contribution is -2.07. The van der Waals surface area contributed by atoms with Crippen molar-refractivity contribution in [1.82, 2.24) is 0 Å². The van der Waals surface area contributed by atoms with Crippen LogP contribution in [0.1, 0.15) is 82.9 Å². The highest BCUT2D eigenvalue weighted by Gasteiger charge is 2.26. The molecule has 0 bridgehead atoms. The van der Waals surface area contributed by atoms with Crippen molar-refractivity contribution in [2.24, 2.45) is 0 Å². The summed E-state index contributed by atoms with van der Waals surface area (Å²) in [4.78, 5) is 12.3. The number of benzene rings is 1. The molecule has 0 heterocycles. The lowest BCUT2D eigenvalue weighted by atomic mass is 9.88. The van der Waals surface area contributed by atoms with Gasteiger partial charge >= 0.3 is 7.60 Å². The summed E-state index contributed by atoms with van der Waals surface area (Å²) < 4.78 is 22.9. The molecule has 0 saturated carbocycles. The van der Waals surface area contributed by atoms with Crippen LogP contribution in [0.5, 0.6) is 5.75 Å². The number of phenolic OH excluding ortho intramolecular Hbond substituents is 1. The van der Waals surface area contributed by atoms with Crippen molar-refractivity contribution in [3.8, 4) is 5.75 Å². The summed E-state index contributed by atoms with van der Waals surface area (Å²) in [6, 6.07) is 3.84. The van der Waals surface area contributed by atoms with Gasteiger partial charge in [0.25, 0.3) is 0 Å². The summed E-state index contributed by atoms with van der Waals surface area (Å²) in [5.74, 6) is 0.462. The maximum Gasteiger partial charge on any atom is 0.338 e. The molecule has 0 saturated heterocycles. The second-order valence-electron chi connectivity index (χ2n) is 7.07. The van der Waals surface area contributed by atoms with Gasteiger partial charge in [0.15, 0.2) is 5.78 Å². The van der Waals surface area contributed by atoms with E-state index in [4.69, 9.17) is 9.05 Å². The van der Waals surface area contributed by atoms with E-state index in [-0.39, 0.29) is 37.0 Å². The van der Waals surface area contributed by atoms with Crippen molar-refractivity contribution < 1.29 is 23.5 Å². The second-order valence-corrected chi connectivity index (χ2v) is 9.13. The topological polar surface area (TPSA) is 72.8 Å². The third-order valence-corrected chi connectivity index (χ3v) is 6.94. The third kappa shape index (κ3) is 6.88. The van der Waals surface area contributed by atoms with Crippen molar-refractivity contribution >= 4 is 19.5 Å². The van der Waals surface area contributed by atoms with Gasteiger partial charge in [-0.3, -0.25) is 9.36 Å². The lowest BCUT2D eigenvalue weighted by molar-refractivity contribution is -0.112. The highest BCUT2D eigenvalue weighted by Crippen LogP contribution is 2.47. The van der Waals surface area contributed by atoms with Crippen molar-refractivity contribution in [2.75, 3.05) is 19.4 Å². The van der Waals surface area contributed by atoms with Crippen LogP contribution in [0.15, 0.2) is 18.2 Å². The summed E-state index contributed by atoms with van der Waals surface area (Å²) in [5.41, 5.74) is 2.63. The number of hydrogen-bond donors (Lipinski definition) is 1. The predicted octanol–water partition coefficient (Wildman–Crippen LogP) is 6.27. The van der Waals surface area contributed by atoms with E-state index in [2.05, 4.69) is 27.7 Å². The van der Waals surface area contributed by atoms with E-state index in [0.717, 1.165) is 29.5 Å². The van der Waals surface area contributed by atoms with Gasteiger partial charge in [-0.2, -0.15) is 0 Å². The van der Waals surface area contributed by atoms with Crippen LogP contribution in [0.2, 0.25) is 0 Å². The Balaban J connectivity index is 3.15. The predicted molar refractivity (Wildman–Crippen MR) is 115 cm³/mol. The number of hydrogen-bond acceptors (Lipinski definition) is 5. The number of phenols is 1. The molecule has 1 rings (SSSR count). The van der Waals surface area contributed by atoms with E-state index in [0.29, 0.717) is 5.75 Å². The zero-order valence-electron chi connectivity index (χ0n) is 18.0. The van der Waals surface area contributed by atoms with Gasteiger partial charge in [-0.25, -0.2) is 0 Å². The number of carbonyl (C=O) groups is 1. The molecule has 2 unspecified atom stereocenters. The quantitative estimate of drug-likeness (QED) is 0.325. The Morgan fingerprint density at radius 2 is 1.50 bits per heavy atom. The molecule has 0 amide bonds. The molecule has 1 N–H and O–H groups in total. The van der Waals surface area contributed by atoms with Gasteiger partial charge in [-0.1, -0.05) is 33.8 Å². The largest absolute Gasteiger partial charge is 0.507 e. The summed E-state index contributed by atoms with van der Waals surface area (Å²) in [7, 11) is -3.41. The van der Waals surface area contributed by atoms with Crippen molar-refractivity contribution in [1.29, 1.82) is 0 Å². The van der Waals surface area contributed by atoms with Gasteiger partial charge in [0.2, 0.25) is 0 Å². The van der Waals surface area contributed by atoms with Crippen molar-refractivity contribution in [3.63, 3.8) is 0 Å². The monoisotopic (exact) mass is 410 g/mol. The molecular weight excluding hydrogens is 375 g/mol. The number of ketones is 1. The van der Waals surface area contributed by atoms with Crippen LogP contribution in [0.4, 0.5) is 0 Å². The summed E-state index contributed by atoms with van der Waals surface area (Å²) >= 11 is 0. The van der Waals surface area contributed by atoms with Gasteiger partial charge in [0.1, 0.15) is 11.9 Å². The molecule has 0 aliphatic rings. The molecule has 0 aliphatic carbocycles. The molecule has 0 fully saturated rings. The minimum absolute atomic E-state index is 0.211. The molecule has 0 aromatic heterocycles. The van der Waals surface area contributed by atoms with E-state index < -0.39 is 7.60 Å². The minimum Gasteiger partial charge on any atom is -0.507 e. The third-order valence-electron chi connectivity index (χ3n) is 4.94. The minimum atomic E-state index is -3.41. The van der Waals surface area contributed by atoms with E-state index in [1.54, 1.807) is 19.9 Å². The highest BCUT2D eigenvalue weighted by atomic mass is 31.2. The van der Waals surface area contributed by atoms with E-state index in [1.807, 2.05) is 12.1 Å². The Morgan fingerprint density at radius 1 is 1.04 bits per heavy atom. The van der Waals surface area contributed by atoms with Crippen LogP contribution in [-0.4, -0.2) is 30.3 Å². The summed E-state index contributed by atoms with van der Waals surface area (Å²) in [6.45, 7) is 12.2. The Kier molecular flexibility index (Phi) is 10.2. The first kappa shape index (κ1) is 24.6. The van der Waals surface area contributed by atoms with E-state index in [9.17, 15) is 14.5 Å². The average Bonchev–Trinajstić information content (AvgIpc) is 2.66. The fourth-order valence-electron chi connectivity index (χ4n) is 2.95. The molecule has 0 aliphatic heterocycles. The van der Waals surface area contributed by atoms with E-state index >= 15 is 0 Å². The standard InChI is InChI=1S/C22H35O5P/c1-7-16(5)20-13-18(14-21(22(20)24)17(6)8-2)11-12-19(23)15-28(25,26-9-3)27-10-4/h11-14,16-17,24H,7-10,15H2,1-6H3/b12-11+. The van der Waals surface area contributed by atoms with Crippen LogP contribution in [0, 0.1) is 0 Å². The number of rotatable bonds is 12. The maximum atomic E-state index is 12.5. The first-order valence-electron chi connectivity index (χ1n) is 10.2. The van der Waals surface area contributed by atoms with E-state index in [1.165, 1.54) is 6.08 Å². The van der Waals surface area contributed by atoms with Crippen LogP contribution in [-0.2, 0) is 18.4 Å². The molecular formula is C22H35O5P. The van der Waals surface area contributed by atoms with Gasteiger partial charge in [0, 0.05) is 0 Å². The zero-order chi connectivity index (χ0) is 21.3. The maximum absolute atomic E-state index is 12.5. The number of aromatic hydroxyl groups is 1. The first-order chi connectivity index (χ1) is 13.2. The normalized spacial score (nSPS) is 14.4. The molecule has 5 nitrogen and oxygen atoms in total. The number of allylic oxidation sites excluding steroid dienone is 1. The molecule has 0 spiro atoms. The Morgan fingerprint density at radius 3 is 1.89 bits per heavy atom. The van der Waals surface area contributed by atoms with Gasteiger partial charge in [-0.15, -0.1) is 0 Å². The van der Waals surface area contributed by atoms with Crippen LogP contribution >= 0.6 is 7.60 Å². The molecule has 2 atom stereocenters. The van der Waals surface area contributed by atoms with Gasteiger partial charge < -0.3 is 14.2 Å². The van der Waals surface area contributed by atoms with Gasteiger partial charge in [-0.05, 0) is 73.4 Å². The SMILES string of the molecule is CCOP(=O)(CC(=O)/C=C/c1cc(C(C)CC)c(O)c(C(C)CC)c1)OCC. The Bertz CT molecular complexity index is 685. The molecule has 1 aromatic carbocycles. The molecule has 0 radical (unpaired) electrons. The molecule has 6 heteroatoms. The second kappa shape index (κ2) is 11.5. The molecule has 158 valence electrons. The number of carbonyl (C=O) groups excluding carboxylic acids is 1. The zero-order valence-corrected chi connectivity index (χ0v) is 18.9. The lowest BCUT2D eigenvalue weighted by Gasteiger charge is -2.19. The summed E-state index contributed by atoms with van der Waals surface area (Å²) in [6.07, 6.45) is 4.66. The van der Waals surface area contributed by atoms with Crippen LogP contribution in [0.25, 0.3) is 6.08 Å². The first-order valence-corrected chi connectivity index (χ1v) is 11.9. The van der Waals surface area contributed by atoms with Crippen LogP contribution < -0.4 is 0 Å². The Labute approximate surface area is 169 Å². The highest BCUT2D eigenvalue weighted by molar-refractivity contribution is 7.54. The van der Waals surface area contributed by atoms with Crippen molar-refractivity contribution in [3.05, 3.63) is 34.9 Å². The smallest absolute Gasteiger partial charge is 0.338 e. The fourth-order valence-corrected chi connectivity index (χ4v) is 4.48. The van der Waals surface area contributed by atoms with Crippen molar-refractivity contribution in [2.45, 2.75) is 66.2 Å². The summed E-state index contributed by atoms with van der Waals surface area (Å²) in [5, 5.41) is 10.7. The van der Waals surface area contributed by atoms with Gasteiger partial charge in [0.05, 0.1) is 13.2 Å². The Hall–Kier alpha value is -1.42. The fraction of sp³-hybridized carbons (Fsp3) is 0.591. The van der Waals surface area contributed by atoms with Crippen LogP contribution in [0.3, 0.4) is 0 Å². The molecule has 28 heavy (non-hydrogen) atoms. The average molecular weight is 410 g/mol.